The van der Waals surface area contributed by atoms with Crippen molar-refractivity contribution in [3.05, 3.63) is 47.8 Å². The molecule has 0 aliphatic rings. The minimum absolute atomic E-state index is 0.0818. The quantitative estimate of drug-likeness (QED) is 0.811. The Labute approximate surface area is 97.9 Å². The highest BCUT2D eigenvalue weighted by atomic mass is 19.1. The third-order valence-corrected chi connectivity index (χ3v) is 2.36. The van der Waals surface area contributed by atoms with E-state index in [4.69, 9.17) is 10.00 Å². The van der Waals surface area contributed by atoms with Gasteiger partial charge in [0.1, 0.15) is 35.6 Å². The van der Waals surface area contributed by atoms with Gasteiger partial charge in [-0.05, 0) is 12.1 Å². The summed E-state index contributed by atoms with van der Waals surface area (Å²) in [5, 5.41) is 8.82. The third kappa shape index (κ3) is 2.26. The van der Waals surface area contributed by atoms with Crippen molar-refractivity contribution in [1.29, 1.82) is 5.26 Å². The van der Waals surface area contributed by atoms with Crippen LogP contribution in [-0.2, 0) is 13.7 Å². The van der Waals surface area contributed by atoms with Crippen molar-refractivity contribution in [3.63, 3.8) is 0 Å². The van der Waals surface area contributed by atoms with Crippen molar-refractivity contribution in [2.75, 3.05) is 0 Å². The van der Waals surface area contributed by atoms with E-state index in [0.29, 0.717) is 5.82 Å². The molecule has 0 unspecified atom stereocenters. The van der Waals surface area contributed by atoms with Gasteiger partial charge in [-0.3, -0.25) is 0 Å². The molecule has 0 aliphatic carbocycles. The lowest BCUT2D eigenvalue weighted by molar-refractivity contribution is 0.289. The molecule has 0 saturated carbocycles. The summed E-state index contributed by atoms with van der Waals surface area (Å²) < 4.78 is 20.5. The fourth-order valence-electron chi connectivity index (χ4n) is 1.41. The summed E-state index contributed by atoms with van der Waals surface area (Å²) in [6.45, 7) is 0.196. The number of aromatic nitrogens is 2. The Morgan fingerprint density at radius 1 is 1.53 bits per heavy atom. The van der Waals surface area contributed by atoms with Crippen LogP contribution >= 0.6 is 0 Å². The first-order chi connectivity index (χ1) is 8.22. The summed E-state index contributed by atoms with van der Waals surface area (Å²) in [7, 11) is 1.84. The van der Waals surface area contributed by atoms with E-state index in [1.807, 2.05) is 7.05 Å². The van der Waals surface area contributed by atoms with Gasteiger partial charge in [0.25, 0.3) is 0 Å². The molecule has 4 nitrogen and oxygen atoms in total. The van der Waals surface area contributed by atoms with E-state index in [2.05, 4.69) is 4.98 Å². The van der Waals surface area contributed by atoms with E-state index in [1.54, 1.807) is 29.1 Å². The van der Waals surface area contributed by atoms with Crippen LogP contribution in [0.1, 0.15) is 11.4 Å². The second kappa shape index (κ2) is 4.66. The minimum Gasteiger partial charge on any atom is -0.484 e. The van der Waals surface area contributed by atoms with Gasteiger partial charge in [0, 0.05) is 19.4 Å². The van der Waals surface area contributed by atoms with E-state index in [0.717, 1.165) is 0 Å². The van der Waals surface area contributed by atoms with E-state index in [9.17, 15) is 4.39 Å². The molecule has 0 aliphatic heterocycles. The van der Waals surface area contributed by atoms with Crippen LogP contribution in [0.3, 0.4) is 0 Å². The summed E-state index contributed by atoms with van der Waals surface area (Å²) in [6, 6.07) is 6.07. The Bertz CT molecular complexity index is 571. The molecule has 2 rings (SSSR count). The highest BCUT2D eigenvalue weighted by molar-refractivity contribution is 5.43. The van der Waals surface area contributed by atoms with Gasteiger partial charge in [0.2, 0.25) is 0 Å². The van der Waals surface area contributed by atoms with E-state index in [-0.39, 0.29) is 17.9 Å². The fourth-order valence-corrected chi connectivity index (χ4v) is 1.41. The van der Waals surface area contributed by atoms with Crippen molar-refractivity contribution in [3.8, 4) is 11.8 Å². The van der Waals surface area contributed by atoms with Gasteiger partial charge in [-0.15, -0.1) is 0 Å². The number of imidazole rings is 1. The zero-order chi connectivity index (χ0) is 12.3. The molecule has 17 heavy (non-hydrogen) atoms. The number of halogens is 1. The predicted molar refractivity (Wildman–Crippen MR) is 58.7 cm³/mol. The largest absolute Gasteiger partial charge is 0.484 e. The maximum atomic E-state index is 13.3. The van der Waals surface area contributed by atoms with Crippen molar-refractivity contribution >= 4 is 0 Å². The lowest BCUT2D eigenvalue weighted by atomic mass is 10.2. The monoisotopic (exact) mass is 231 g/mol. The Kier molecular flexibility index (Phi) is 3.06. The van der Waals surface area contributed by atoms with Gasteiger partial charge in [0.15, 0.2) is 0 Å². The van der Waals surface area contributed by atoms with Gasteiger partial charge in [-0.2, -0.15) is 5.26 Å². The summed E-state index contributed by atoms with van der Waals surface area (Å²) in [5.74, 6) is 0.360. The number of hydrogen-bond acceptors (Lipinski definition) is 3. The summed E-state index contributed by atoms with van der Waals surface area (Å²) in [4.78, 5) is 4.07. The lowest BCUT2D eigenvalue weighted by Crippen LogP contribution is -2.04. The molecule has 0 amide bonds. The smallest absolute Gasteiger partial charge is 0.146 e. The molecule has 0 bridgehead atoms. The standard InChI is InChI=1S/C12H10FN3O/c1-16-6-5-15-12(16)8-17-11-4-2-3-10(13)9(11)7-14/h2-6H,8H2,1H3. The van der Waals surface area contributed by atoms with Crippen LogP contribution in [0, 0.1) is 17.1 Å². The van der Waals surface area contributed by atoms with Crippen molar-refractivity contribution in [2.45, 2.75) is 6.61 Å². The van der Waals surface area contributed by atoms with Gasteiger partial charge in [-0.25, -0.2) is 9.37 Å². The molecule has 0 radical (unpaired) electrons. The number of nitriles is 1. The summed E-state index contributed by atoms with van der Waals surface area (Å²) in [5.41, 5.74) is -0.0818. The van der Waals surface area contributed by atoms with Crippen molar-refractivity contribution in [1.82, 2.24) is 9.55 Å². The second-order valence-electron chi connectivity index (χ2n) is 3.47. The van der Waals surface area contributed by atoms with Crippen LogP contribution in [0.5, 0.6) is 5.75 Å². The van der Waals surface area contributed by atoms with Crippen LogP contribution in [0.2, 0.25) is 0 Å². The molecular weight excluding hydrogens is 221 g/mol. The summed E-state index contributed by atoms with van der Waals surface area (Å²) in [6.07, 6.45) is 3.44. The molecule has 0 atom stereocenters. The molecule has 5 heteroatoms. The molecule has 0 fully saturated rings. The first-order valence-corrected chi connectivity index (χ1v) is 5.00. The van der Waals surface area contributed by atoms with E-state index < -0.39 is 5.82 Å². The Balaban J connectivity index is 2.18. The first-order valence-electron chi connectivity index (χ1n) is 5.00. The average molecular weight is 231 g/mol. The van der Waals surface area contributed by atoms with Gasteiger partial charge < -0.3 is 9.30 Å². The van der Waals surface area contributed by atoms with E-state index in [1.165, 1.54) is 12.1 Å². The predicted octanol–water partition coefficient (Wildman–Crippen LogP) is 2.01. The van der Waals surface area contributed by atoms with Gasteiger partial charge >= 0.3 is 0 Å². The molecule has 0 N–H and O–H groups in total. The maximum Gasteiger partial charge on any atom is 0.146 e. The number of rotatable bonds is 3. The number of nitrogens with zero attached hydrogens (tertiary/aromatic N) is 3. The first kappa shape index (κ1) is 11.1. The zero-order valence-electron chi connectivity index (χ0n) is 9.22. The fraction of sp³-hybridized carbons (Fsp3) is 0.167. The topological polar surface area (TPSA) is 50.8 Å². The number of aryl methyl sites for hydroxylation is 1. The number of ether oxygens (including phenoxy) is 1. The van der Waals surface area contributed by atoms with Crippen LogP contribution in [0.15, 0.2) is 30.6 Å². The third-order valence-electron chi connectivity index (χ3n) is 2.36. The van der Waals surface area contributed by atoms with Gasteiger partial charge in [-0.1, -0.05) is 6.07 Å². The molecule has 1 heterocycles. The highest BCUT2D eigenvalue weighted by Gasteiger charge is 2.09. The Morgan fingerprint density at radius 3 is 3.00 bits per heavy atom. The maximum absolute atomic E-state index is 13.3. The zero-order valence-corrected chi connectivity index (χ0v) is 9.22. The summed E-state index contributed by atoms with van der Waals surface area (Å²) >= 11 is 0. The number of benzene rings is 1. The molecule has 0 spiro atoms. The van der Waals surface area contributed by atoms with Crippen LogP contribution in [0.4, 0.5) is 4.39 Å². The van der Waals surface area contributed by atoms with E-state index >= 15 is 0 Å². The van der Waals surface area contributed by atoms with Crippen LogP contribution in [-0.4, -0.2) is 9.55 Å². The second-order valence-corrected chi connectivity index (χ2v) is 3.47. The van der Waals surface area contributed by atoms with Crippen molar-refractivity contribution in [2.24, 2.45) is 7.05 Å². The Morgan fingerprint density at radius 2 is 2.35 bits per heavy atom. The molecule has 86 valence electrons. The SMILES string of the molecule is Cn1ccnc1COc1cccc(F)c1C#N. The molecule has 1 aromatic carbocycles. The van der Waals surface area contributed by atoms with Crippen LogP contribution in [0.25, 0.3) is 0 Å². The number of hydrogen-bond donors (Lipinski definition) is 0. The van der Waals surface area contributed by atoms with Crippen LogP contribution < -0.4 is 4.74 Å². The average Bonchev–Trinajstić information content (AvgIpc) is 2.72. The molecular formula is C12H10FN3O. The molecule has 2 aromatic rings. The highest BCUT2D eigenvalue weighted by Crippen LogP contribution is 2.21. The molecule has 0 saturated heterocycles. The normalized spacial score (nSPS) is 9.94. The van der Waals surface area contributed by atoms with Gasteiger partial charge in [0.05, 0.1) is 0 Å². The minimum atomic E-state index is -0.579. The lowest BCUT2D eigenvalue weighted by Gasteiger charge is -2.07. The van der Waals surface area contributed by atoms with Crippen molar-refractivity contribution < 1.29 is 9.13 Å². The Hall–Kier alpha value is -2.35. The molecule has 1 aromatic heterocycles.